The van der Waals surface area contributed by atoms with E-state index in [1.165, 1.54) is 42.0 Å². The summed E-state index contributed by atoms with van der Waals surface area (Å²) in [7, 11) is -1.42. The van der Waals surface area contributed by atoms with Gasteiger partial charge in [-0.2, -0.15) is 0 Å². The van der Waals surface area contributed by atoms with E-state index >= 15 is 0 Å². The smallest absolute Gasteiger partial charge is 0.256 e. The number of amides is 2. The van der Waals surface area contributed by atoms with Crippen molar-refractivity contribution in [3.63, 3.8) is 0 Å². The Morgan fingerprint density at radius 2 is 1.68 bits per heavy atom. The summed E-state index contributed by atoms with van der Waals surface area (Å²) in [5, 5.41) is 7.73. The molecular weight excluding hydrogens is 382 g/mol. The van der Waals surface area contributed by atoms with Crippen LogP contribution in [-0.4, -0.2) is 20.2 Å². The highest BCUT2D eigenvalue weighted by Crippen LogP contribution is 2.31. The second-order valence-corrected chi connectivity index (χ2v) is 8.38. The third-order valence-electron chi connectivity index (χ3n) is 2.89. The van der Waals surface area contributed by atoms with Crippen molar-refractivity contribution in [2.24, 2.45) is 5.14 Å². The van der Waals surface area contributed by atoms with Gasteiger partial charge in [0.15, 0.2) is 0 Å². The van der Waals surface area contributed by atoms with Crippen LogP contribution in [0.2, 0.25) is 0 Å². The maximum absolute atomic E-state index is 12.4. The molecule has 2 rings (SSSR count). The lowest BCUT2D eigenvalue weighted by molar-refractivity contribution is -0.117. The van der Waals surface area contributed by atoms with E-state index in [2.05, 4.69) is 10.0 Å². The summed E-state index contributed by atoms with van der Waals surface area (Å²) in [6, 6.07) is 12.5. The topological polar surface area (TPSA) is 118 Å². The molecule has 0 aliphatic carbocycles. The number of nitrogens with one attached hydrogen (secondary N) is 2. The summed E-state index contributed by atoms with van der Waals surface area (Å²) in [6.07, 6.45) is 0. The highest BCUT2D eigenvalue weighted by Gasteiger charge is 2.13. The predicted octanol–water partition coefficient (Wildman–Crippen LogP) is 2.38. The van der Waals surface area contributed by atoms with E-state index in [0.717, 1.165) is 11.0 Å². The van der Waals surface area contributed by atoms with Gasteiger partial charge in [-0.25, -0.2) is 13.6 Å². The van der Waals surface area contributed by atoms with Gasteiger partial charge in [0.25, 0.3) is 5.91 Å². The number of benzene rings is 2. The van der Waals surface area contributed by atoms with E-state index in [1.807, 2.05) is 0 Å². The zero-order valence-electron chi connectivity index (χ0n) is 13.1. The zero-order chi connectivity index (χ0) is 18.4. The lowest BCUT2D eigenvalue weighted by atomic mass is 10.2. The van der Waals surface area contributed by atoms with Gasteiger partial charge < -0.3 is 5.32 Å². The van der Waals surface area contributed by atoms with Crippen LogP contribution in [0.15, 0.2) is 58.3 Å². The van der Waals surface area contributed by atoms with Gasteiger partial charge in [0.1, 0.15) is 0 Å². The summed E-state index contributed by atoms with van der Waals surface area (Å²) in [5.74, 6) is -0.538. The summed E-state index contributed by atoms with van der Waals surface area (Å²) < 4.78 is 25.0. The van der Waals surface area contributed by atoms with Gasteiger partial charge in [-0.3, -0.25) is 14.3 Å². The van der Waals surface area contributed by atoms with Crippen LogP contribution in [0.25, 0.3) is 0 Å². The molecule has 0 bridgehead atoms. The molecule has 0 spiro atoms. The third kappa shape index (κ3) is 5.78. The molecule has 0 fully saturated rings. The zero-order valence-corrected chi connectivity index (χ0v) is 15.5. The molecule has 2 amide bonds. The lowest BCUT2D eigenvalue weighted by Gasteiger charge is -2.10. The number of hydrogen-bond donors (Lipinski definition) is 3. The molecule has 0 unspecified atom stereocenters. The summed E-state index contributed by atoms with van der Waals surface area (Å²) in [5.41, 5.74) is 0.868. The molecule has 0 saturated heterocycles. The molecule has 132 valence electrons. The molecule has 7 nitrogen and oxygen atoms in total. The first-order valence-corrected chi connectivity index (χ1v) is 10.6. The number of anilines is 1. The van der Waals surface area contributed by atoms with Crippen molar-refractivity contribution in [2.45, 2.75) is 16.7 Å². The fraction of sp³-hybridized carbons (Fsp3) is 0.0667. The van der Waals surface area contributed by atoms with Crippen molar-refractivity contribution in [3.05, 3.63) is 54.1 Å². The first-order chi connectivity index (χ1) is 11.8. The minimum absolute atomic E-state index is 0.0341. The molecule has 0 radical (unpaired) electrons. The average Bonchev–Trinajstić information content (AvgIpc) is 2.54. The Labute approximate surface area is 153 Å². The van der Waals surface area contributed by atoms with Crippen molar-refractivity contribution in [2.75, 3.05) is 5.32 Å². The second-order valence-electron chi connectivity index (χ2n) is 4.84. The molecule has 0 aromatic heterocycles. The van der Waals surface area contributed by atoms with Gasteiger partial charge in [-0.1, -0.05) is 12.1 Å². The van der Waals surface area contributed by atoms with Gasteiger partial charge in [0.2, 0.25) is 15.9 Å². The van der Waals surface area contributed by atoms with Crippen LogP contribution < -0.4 is 15.2 Å². The molecule has 0 atom stereocenters. The molecule has 10 heteroatoms. The van der Waals surface area contributed by atoms with Crippen LogP contribution in [0, 0.1) is 0 Å². The molecule has 2 aromatic rings. The van der Waals surface area contributed by atoms with E-state index in [4.69, 9.17) is 5.14 Å². The minimum atomic E-state index is -3.78. The molecule has 0 aliphatic heterocycles. The number of hydrogen-bond acceptors (Lipinski definition) is 6. The van der Waals surface area contributed by atoms with E-state index in [1.54, 1.807) is 24.3 Å². The quantitative estimate of drug-likeness (QED) is 0.509. The maximum Gasteiger partial charge on any atom is 0.256 e. The van der Waals surface area contributed by atoms with Crippen LogP contribution in [0.3, 0.4) is 0 Å². The Morgan fingerprint density at radius 3 is 2.28 bits per heavy atom. The number of nitrogens with two attached hydrogens (primary N) is 1. The van der Waals surface area contributed by atoms with Crippen molar-refractivity contribution in [1.82, 2.24) is 4.72 Å². The molecular formula is C15H15N3O4S3. The van der Waals surface area contributed by atoms with Crippen LogP contribution >= 0.6 is 21.8 Å². The van der Waals surface area contributed by atoms with Gasteiger partial charge in [-0.15, -0.1) is 0 Å². The third-order valence-corrected chi connectivity index (χ3v) is 5.85. The van der Waals surface area contributed by atoms with Gasteiger partial charge >= 0.3 is 0 Å². The number of sulfonamides is 1. The summed E-state index contributed by atoms with van der Waals surface area (Å²) in [4.78, 5) is 24.0. The largest absolute Gasteiger partial charge is 0.322 e. The first kappa shape index (κ1) is 19.3. The Balaban J connectivity index is 2.11. The van der Waals surface area contributed by atoms with Crippen molar-refractivity contribution >= 4 is 49.3 Å². The monoisotopic (exact) mass is 397 g/mol. The van der Waals surface area contributed by atoms with Crippen molar-refractivity contribution < 1.29 is 18.0 Å². The summed E-state index contributed by atoms with van der Waals surface area (Å²) >= 11 is 0. The Kier molecular flexibility index (Phi) is 6.48. The highest BCUT2D eigenvalue weighted by molar-refractivity contribution is 8.76. The normalized spacial score (nSPS) is 11.0. The standard InChI is InChI=1S/C15H15N3O4S3/c1-10(19)18-24-23-14-5-3-2-4-13(14)15(20)17-11-6-8-12(9-7-11)25(16,21)22/h2-9H,1H3,(H,17,20)(H,18,19)(H2,16,21,22). The first-order valence-electron chi connectivity index (χ1n) is 6.91. The molecule has 25 heavy (non-hydrogen) atoms. The maximum atomic E-state index is 12.4. The predicted molar refractivity (Wildman–Crippen MR) is 99.5 cm³/mol. The van der Waals surface area contributed by atoms with Gasteiger partial charge in [0, 0.05) is 28.5 Å². The fourth-order valence-electron chi connectivity index (χ4n) is 1.78. The van der Waals surface area contributed by atoms with E-state index in [9.17, 15) is 18.0 Å². The van der Waals surface area contributed by atoms with Crippen LogP contribution in [0.1, 0.15) is 17.3 Å². The average molecular weight is 398 g/mol. The van der Waals surface area contributed by atoms with Gasteiger partial charge in [-0.05, 0) is 47.2 Å². The van der Waals surface area contributed by atoms with Crippen LogP contribution in [0.4, 0.5) is 5.69 Å². The Morgan fingerprint density at radius 1 is 1.04 bits per heavy atom. The molecule has 2 aromatic carbocycles. The summed E-state index contributed by atoms with van der Waals surface area (Å²) in [6.45, 7) is 1.40. The number of primary sulfonamides is 1. The van der Waals surface area contributed by atoms with Crippen molar-refractivity contribution in [3.8, 4) is 0 Å². The van der Waals surface area contributed by atoms with Crippen LogP contribution in [0.5, 0.6) is 0 Å². The number of rotatable bonds is 6. The van der Waals surface area contributed by atoms with Gasteiger partial charge in [0.05, 0.1) is 10.5 Å². The highest BCUT2D eigenvalue weighted by atomic mass is 33.1. The molecule has 4 N–H and O–H groups in total. The Bertz CT molecular complexity index is 883. The SMILES string of the molecule is CC(=O)NSSc1ccccc1C(=O)Nc1ccc(S(N)(=O)=O)cc1. The Hall–Kier alpha value is -2.01. The van der Waals surface area contributed by atoms with E-state index in [0.29, 0.717) is 16.1 Å². The number of carbonyl (C=O) groups is 2. The van der Waals surface area contributed by atoms with E-state index < -0.39 is 10.0 Å². The van der Waals surface area contributed by atoms with Crippen LogP contribution in [-0.2, 0) is 14.8 Å². The minimum Gasteiger partial charge on any atom is -0.322 e. The van der Waals surface area contributed by atoms with Crippen molar-refractivity contribution in [1.29, 1.82) is 0 Å². The second kappa shape index (κ2) is 8.39. The number of carbonyl (C=O) groups excluding carboxylic acids is 2. The van der Waals surface area contributed by atoms with E-state index in [-0.39, 0.29) is 16.7 Å². The fourth-order valence-corrected chi connectivity index (χ4v) is 4.11. The molecule has 0 saturated carbocycles. The lowest BCUT2D eigenvalue weighted by Crippen LogP contribution is -2.14. The molecule has 0 heterocycles. The molecule has 0 aliphatic rings.